The zero-order valence-corrected chi connectivity index (χ0v) is 11.3. The molecule has 0 aliphatic carbocycles. The van der Waals surface area contributed by atoms with Crippen molar-refractivity contribution in [1.82, 2.24) is 15.0 Å². The van der Waals surface area contributed by atoms with Crippen molar-refractivity contribution in [2.24, 2.45) is 0 Å². The van der Waals surface area contributed by atoms with Crippen LogP contribution in [0.4, 0.5) is 5.82 Å². The van der Waals surface area contributed by atoms with Crippen molar-refractivity contribution in [3.63, 3.8) is 0 Å². The first-order chi connectivity index (χ1) is 9.28. The van der Waals surface area contributed by atoms with E-state index in [4.69, 9.17) is 16.3 Å². The highest BCUT2D eigenvalue weighted by molar-refractivity contribution is 6.30. The van der Waals surface area contributed by atoms with E-state index in [1.165, 1.54) is 0 Å². The number of methoxy groups -OCH3 is 1. The van der Waals surface area contributed by atoms with Gasteiger partial charge < -0.3 is 9.64 Å². The van der Waals surface area contributed by atoms with Gasteiger partial charge in [-0.25, -0.2) is 15.0 Å². The molecule has 0 bridgehead atoms. The molecular formula is C13H13ClN4O. The quantitative estimate of drug-likeness (QED) is 0.841. The van der Waals surface area contributed by atoms with Gasteiger partial charge in [0.1, 0.15) is 12.1 Å². The number of ether oxygens (including phenoxy) is 1. The van der Waals surface area contributed by atoms with Crippen LogP contribution >= 0.6 is 11.6 Å². The third-order valence-corrected chi connectivity index (χ3v) is 3.42. The summed E-state index contributed by atoms with van der Waals surface area (Å²) in [6.07, 6.45) is 4.07. The summed E-state index contributed by atoms with van der Waals surface area (Å²) >= 11 is 5.86. The summed E-state index contributed by atoms with van der Waals surface area (Å²) in [6, 6.07) is 3.77. The Bertz CT molecular complexity index is 573. The molecule has 19 heavy (non-hydrogen) atoms. The summed E-state index contributed by atoms with van der Waals surface area (Å²) in [6.45, 7) is 1.58. The number of fused-ring (bicyclic) bond motifs is 1. The highest BCUT2D eigenvalue weighted by Crippen LogP contribution is 2.27. The summed E-state index contributed by atoms with van der Waals surface area (Å²) in [5.41, 5.74) is 2.09. The van der Waals surface area contributed by atoms with E-state index >= 15 is 0 Å². The second-order valence-corrected chi connectivity index (χ2v) is 4.75. The topological polar surface area (TPSA) is 51.1 Å². The lowest BCUT2D eigenvalue weighted by Crippen LogP contribution is -2.32. The van der Waals surface area contributed by atoms with Gasteiger partial charge in [-0.2, -0.15) is 0 Å². The Morgan fingerprint density at radius 2 is 2.16 bits per heavy atom. The van der Waals surface area contributed by atoms with E-state index in [9.17, 15) is 0 Å². The normalized spacial score (nSPS) is 14.1. The maximum Gasteiger partial charge on any atom is 0.221 e. The van der Waals surface area contributed by atoms with E-state index < -0.39 is 0 Å². The molecule has 0 fully saturated rings. The largest absolute Gasteiger partial charge is 0.481 e. The molecule has 98 valence electrons. The van der Waals surface area contributed by atoms with Gasteiger partial charge in [0.2, 0.25) is 5.88 Å². The minimum atomic E-state index is 0.641. The first-order valence-corrected chi connectivity index (χ1v) is 6.39. The van der Waals surface area contributed by atoms with Gasteiger partial charge >= 0.3 is 0 Å². The molecule has 5 nitrogen and oxygen atoms in total. The van der Waals surface area contributed by atoms with Crippen molar-refractivity contribution in [2.75, 3.05) is 18.6 Å². The summed E-state index contributed by atoms with van der Waals surface area (Å²) in [5, 5.41) is 0.641. The van der Waals surface area contributed by atoms with Crippen molar-refractivity contribution in [3.8, 4) is 5.88 Å². The van der Waals surface area contributed by atoms with Gasteiger partial charge in [0.15, 0.2) is 0 Å². The first kappa shape index (κ1) is 12.2. The van der Waals surface area contributed by atoms with E-state index in [1.54, 1.807) is 19.6 Å². The predicted octanol–water partition coefficient (Wildman–Crippen LogP) is 2.10. The Morgan fingerprint density at radius 1 is 1.26 bits per heavy atom. The molecule has 2 aromatic rings. The molecule has 3 heterocycles. The number of pyridine rings is 1. The molecule has 2 aromatic heterocycles. The molecule has 0 unspecified atom stereocenters. The van der Waals surface area contributed by atoms with Gasteiger partial charge in [0, 0.05) is 19.2 Å². The Kier molecular flexibility index (Phi) is 3.21. The van der Waals surface area contributed by atoms with Crippen LogP contribution in [0.2, 0.25) is 5.02 Å². The Morgan fingerprint density at radius 3 is 2.89 bits per heavy atom. The van der Waals surface area contributed by atoms with E-state index in [2.05, 4.69) is 19.9 Å². The van der Waals surface area contributed by atoms with Gasteiger partial charge in [-0.1, -0.05) is 11.6 Å². The smallest absolute Gasteiger partial charge is 0.221 e. The maximum absolute atomic E-state index is 5.86. The lowest BCUT2D eigenvalue weighted by molar-refractivity contribution is 0.387. The predicted molar refractivity (Wildman–Crippen MR) is 72.6 cm³/mol. The Labute approximate surface area is 116 Å². The standard InChI is InChI=1S/C13H13ClN4O/c1-19-13-10-7-18(5-4-11(10)16-8-17-13)12-3-2-9(14)6-15-12/h2-3,6,8H,4-5,7H2,1H3. The monoisotopic (exact) mass is 276 g/mol. The number of rotatable bonds is 2. The third kappa shape index (κ3) is 2.33. The zero-order chi connectivity index (χ0) is 13.2. The molecule has 0 amide bonds. The molecule has 6 heteroatoms. The molecule has 0 atom stereocenters. The van der Waals surface area contributed by atoms with Crippen LogP contribution in [0.15, 0.2) is 24.7 Å². The van der Waals surface area contributed by atoms with Crippen molar-refractivity contribution in [3.05, 3.63) is 40.9 Å². The molecule has 0 saturated heterocycles. The molecule has 0 radical (unpaired) electrons. The Hall–Kier alpha value is -1.88. The average Bonchev–Trinajstić information content (AvgIpc) is 2.47. The van der Waals surface area contributed by atoms with Crippen LogP contribution in [-0.4, -0.2) is 28.6 Å². The van der Waals surface area contributed by atoms with Crippen LogP contribution < -0.4 is 9.64 Å². The number of hydrogen-bond donors (Lipinski definition) is 0. The van der Waals surface area contributed by atoms with E-state index in [0.717, 1.165) is 30.0 Å². The van der Waals surface area contributed by atoms with Crippen LogP contribution in [-0.2, 0) is 13.0 Å². The van der Waals surface area contributed by atoms with Crippen LogP contribution in [0, 0.1) is 0 Å². The van der Waals surface area contributed by atoms with Crippen LogP contribution in [0.25, 0.3) is 0 Å². The molecule has 0 spiro atoms. The van der Waals surface area contributed by atoms with Crippen molar-refractivity contribution >= 4 is 17.4 Å². The molecule has 1 aliphatic heterocycles. The average molecular weight is 277 g/mol. The number of halogens is 1. The minimum Gasteiger partial charge on any atom is -0.481 e. The van der Waals surface area contributed by atoms with Crippen molar-refractivity contribution in [2.45, 2.75) is 13.0 Å². The lowest BCUT2D eigenvalue weighted by Gasteiger charge is -2.29. The van der Waals surface area contributed by atoms with Gasteiger partial charge in [-0.3, -0.25) is 0 Å². The van der Waals surface area contributed by atoms with Crippen LogP contribution in [0.1, 0.15) is 11.3 Å². The summed E-state index contributed by atoms with van der Waals surface area (Å²) in [5.74, 6) is 1.55. The number of aromatic nitrogens is 3. The number of nitrogens with zero attached hydrogens (tertiary/aromatic N) is 4. The minimum absolute atomic E-state index is 0.641. The van der Waals surface area contributed by atoms with E-state index in [1.807, 2.05) is 12.1 Å². The highest BCUT2D eigenvalue weighted by atomic mass is 35.5. The van der Waals surface area contributed by atoms with Crippen LogP contribution in [0.3, 0.4) is 0 Å². The molecule has 0 N–H and O–H groups in total. The molecule has 1 aliphatic rings. The van der Waals surface area contributed by atoms with Crippen LogP contribution in [0.5, 0.6) is 5.88 Å². The fourth-order valence-corrected chi connectivity index (χ4v) is 2.35. The summed E-state index contributed by atoms with van der Waals surface area (Å²) < 4.78 is 5.30. The van der Waals surface area contributed by atoms with Gasteiger partial charge in [-0.15, -0.1) is 0 Å². The van der Waals surface area contributed by atoms with Gasteiger partial charge in [-0.05, 0) is 12.1 Å². The highest BCUT2D eigenvalue weighted by Gasteiger charge is 2.22. The summed E-state index contributed by atoms with van der Waals surface area (Å²) in [7, 11) is 1.63. The van der Waals surface area contributed by atoms with E-state index in [0.29, 0.717) is 17.4 Å². The van der Waals surface area contributed by atoms with Gasteiger partial charge in [0.05, 0.1) is 29.9 Å². The molecule has 3 rings (SSSR count). The van der Waals surface area contributed by atoms with Crippen molar-refractivity contribution < 1.29 is 4.74 Å². The van der Waals surface area contributed by atoms with E-state index in [-0.39, 0.29) is 0 Å². The number of hydrogen-bond acceptors (Lipinski definition) is 5. The number of anilines is 1. The zero-order valence-electron chi connectivity index (χ0n) is 10.5. The fourth-order valence-electron chi connectivity index (χ4n) is 2.24. The molecule has 0 aromatic carbocycles. The third-order valence-electron chi connectivity index (χ3n) is 3.19. The lowest BCUT2D eigenvalue weighted by atomic mass is 10.1. The second kappa shape index (κ2) is 5.01. The SMILES string of the molecule is COc1ncnc2c1CN(c1ccc(Cl)cn1)CC2. The first-order valence-electron chi connectivity index (χ1n) is 6.01. The fraction of sp³-hybridized carbons (Fsp3) is 0.308. The summed E-state index contributed by atoms with van der Waals surface area (Å²) in [4.78, 5) is 15.0. The van der Waals surface area contributed by atoms with Gasteiger partial charge in [0.25, 0.3) is 0 Å². The Balaban J connectivity index is 1.91. The molecule has 0 saturated carbocycles. The molecular weight excluding hydrogens is 264 g/mol. The second-order valence-electron chi connectivity index (χ2n) is 4.31. The maximum atomic E-state index is 5.86. The van der Waals surface area contributed by atoms with Crippen molar-refractivity contribution in [1.29, 1.82) is 0 Å².